The van der Waals surface area contributed by atoms with Gasteiger partial charge in [-0.25, -0.2) is 4.79 Å². The van der Waals surface area contributed by atoms with Gasteiger partial charge < -0.3 is 20.3 Å². The van der Waals surface area contributed by atoms with Crippen LogP contribution in [-0.2, 0) is 17.8 Å². The molecule has 0 aromatic heterocycles. The lowest BCUT2D eigenvalue weighted by Gasteiger charge is -2.28. The minimum Gasteiger partial charge on any atom is -0.488 e. The van der Waals surface area contributed by atoms with E-state index in [4.69, 9.17) is 15.2 Å². The van der Waals surface area contributed by atoms with Crippen LogP contribution in [0.4, 0.5) is 0 Å². The van der Waals surface area contributed by atoms with Gasteiger partial charge in [0.2, 0.25) is 0 Å². The van der Waals surface area contributed by atoms with E-state index in [-0.39, 0.29) is 18.4 Å². The van der Waals surface area contributed by atoms with Gasteiger partial charge in [-0.15, -0.1) is 12.4 Å². The number of aliphatic hydroxyl groups is 1. The molecule has 2 unspecified atom stereocenters. The standard InChI is InChI=1S/C19H21NO4.ClH/c1-23-19(22)15-10-14-13(7-8-16(20)18(14)21)9-17(15)24-11-12-5-3-2-4-6-12;/h2-6,9-10,16,18,21H,7-8,11,20H2,1H3;1H. The van der Waals surface area contributed by atoms with Crippen molar-refractivity contribution >= 4 is 18.4 Å². The van der Waals surface area contributed by atoms with Crippen LogP contribution in [0.1, 0.15) is 39.6 Å². The topological polar surface area (TPSA) is 81.8 Å². The molecule has 2 aromatic rings. The van der Waals surface area contributed by atoms with E-state index in [9.17, 15) is 9.90 Å². The fourth-order valence-electron chi connectivity index (χ4n) is 2.97. The van der Waals surface area contributed by atoms with Gasteiger partial charge in [0.1, 0.15) is 17.9 Å². The van der Waals surface area contributed by atoms with Crippen molar-refractivity contribution in [3.05, 3.63) is 64.7 Å². The van der Waals surface area contributed by atoms with E-state index in [0.29, 0.717) is 29.9 Å². The molecule has 0 spiro atoms. The zero-order chi connectivity index (χ0) is 17.1. The Kier molecular flexibility index (Phi) is 6.42. The predicted octanol–water partition coefficient (Wildman–Crippen LogP) is 2.78. The first-order chi connectivity index (χ1) is 11.6. The maximum Gasteiger partial charge on any atom is 0.341 e. The van der Waals surface area contributed by atoms with Gasteiger partial charge >= 0.3 is 5.97 Å². The highest BCUT2D eigenvalue weighted by Gasteiger charge is 2.28. The average Bonchev–Trinajstić information content (AvgIpc) is 2.63. The number of nitrogens with two attached hydrogens (primary N) is 1. The molecule has 0 aliphatic heterocycles. The second kappa shape index (κ2) is 8.34. The zero-order valence-corrected chi connectivity index (χ0v) is 14.8. The molecule has 2 atom stereocenters. The van der Waals surface area contributed by atoms with Gasteiger partial charge in [0.15, 0.2) is 0 Å². The molecule has 0 fully saturated rings. The van der Waals surface area contributed by atoms with Gasteiger partial charge in [0.05, 0.1) is 13.2 Å². The molecule has 1 aliphatic carbocycles. The second-order valence-corrected chi connectivity index (χ2v) is 5.96. The van der Waals surface area contributed by atoms with E-state index in [1.165, 1.54) is 7.11 Å². The molecule has 0 bridgehead atoms. The number of hydrogen-bond donors (Lipinski definition) is 2. The summed E-state index contributed by atoms with van der Waals surface area (Å²) in [7, 11) is 1.32. The number of methoxy groups -OCH3 is 1. The molecule has 0 heterocycles. The Balaban J connectivity index is 0.00000225. The lowest BCUT2D eigenvalue weighted by Crippen LogP contribution is -2.33. The van der Waals surface area contributed by atoms with Crippen molar-refractivity contribution in [3.8, 4) is 5.75 Å². The highest BCUT2D eigenvalue weighted by atomic mass is 35.5. The summed E-state index contributed by atoms with van der Waals surface area (Å²) in [5, 5.41) is 10.3. The van der Waals surface area contributed by atoms with Crippen LogP contribution in [0.25, 0.3) is 0 Å². The van der Waals surface area contributed by atoms with Crippen LogP contribution in [0, 0.1) is 0 Å². The maximum absolute atomic E-state index is 12.1. The fourth-order valence-corrected chi connectivity index (χ4v) is 2.97. The van der Waals surface area contributed by atoms with Crippen LogP contribution in [-0.4, -0.2) is 24.2 Å². The Morgan fingerprint density at radius 1 is 1.28 bits per heavy atom. The molecule has 3 N–H and O–H groups in total. The molecule has 0 amide bonds. The number of rotatable bonds is 4. The van der Waals surface area contributed by atoms with Gasteiger partial charge in [-0.3, -0.25) is 0 Å². The van der Waals surface area contributed by atoms with Gasteiger partial charge in [0.25, 0.3) is 0 Å². The monoisotopic (exact) mass is 363 g/mol. The zero-order valence-electron chi connectivity index (χ0n) is 14.0. The van der Waals surface area contributed by atoms with Crippen molar-refractivity contribution in [2.45, 2.75) is 31.6 Å². The molecule has 2 aromatic carbocycles. The van der Waals surface area contributed by atoms with Crippen molar-refractivity contribution in [2.75, 3.05) is 7.11 Å². The van der Waals surface area contributed by atoms with Crippen molar-refractivity contribution in [2.24, 2.45) is 5.73 Å². The third kappa shape index (κ3) is 4.12. The van der Waals surface area contributed by atoms with Crippen LogP contribution in [0.5, 0.6) is 5.75 Å². The summed E-state index contributed by atoms with van der Waals surface area (Å²) >= 11 is 0. The lowest BCUT2D eigenvalue weighted by molar-refractivity contribution is 0.0594. The van der Waals surface area contributed by atoms with Gasteiger partial charge in [-0.1, -0.05) is 30.3 Å². The van der Waals surface area contributed by atoms with Crippen LogP contribution >= 0.6 is 12.4 Å². The molecule has 0 radical (unpaired) electrons. The Hall–Kier alpha value is -2.08. The molecule has 0 saturated carbocycles. The van der Waals surface area contributed by atoms with Crippen LogP contribution in [0.3, 0.4) is 0 Å². The highest BCUT2D eigenvalue weighted by Crippen LogP contribution is 2.34. The van der Waals surface area contributed by atoms with E-state index in [2.05, 4.69) is 0 Å². The minimum absolute atomic E-state index is 0. The number of aliphatic hydroxyl groups excluding tert-OH is 1. The molecule has 25 heavy (non-hydrogen) atoms. The predicted molar refractivity (Wildman–Crippen MR) is 97.1 cm³/mol. The number of ether oxygens (including phenoxy) is 2. The molecular formula is C19H22ClNO4. The Labute approximate surface area is 153 Å². The number of benzene rings is 2. The summed E-state index contributed by atoms with van der Waals surface area (Å²) in [6, 6.07) is 12.9. The molecule has 1 aliphatic rings. The third-order valence-corrected chi connectivity index (χ3v) is 4.36. The summed E-state index contributed by atoms with van der Waals surface area (Å²) < 4.78 is 10.7. The molecule has 6 heteroatoms. The Morgan fingerprint density at radius 3 is 2.68 bits per heavy atom. The largest absolute Gasteiger partial charge is 0.488 e. The number of carbonyl (C=O) groups excluding carboxylic acids is 1. The third-order valence-electron chi connectivity index (χ3n) is 4.36. The number of fused-ring (bicyclic) bond motifs is 1. The smallest absolute Gasteiger partial charge is 0.341 e. The van der Waals surface area contributed by atoms with E-state index >= 15 is 0 Å². The number of halogens is 1. The van der Waals surface area contributed by atoms with Crippen LogP contribution in [0.2, 0.25) is 0 Å². The van der Waals surface area contributed by atoms with Gasteiger partial charge in [0, 0.05) is 6.04 Å². The van der Waals surface area contributed by atoms with E-state index < -0.39 is 12.1 Å². The molecule has 134 valence electrons. The van der Waals surface area contributed by atoms with Crippen LogP contribution in [0.15, 0.2) is 42.5 Å². The SMILES string of the molecule is COC(=O)c1cc2c(cc1OCc1ccccc1)CCC(N)C2O.Cl. The second-order valence-electron chi connectivity index (χ2n) is 5.96. The number of carbonyl (C=O) groups is 1. The Morgan fingerprint density at radius 2 is 2.00 bits per heavy atom. The minimum atomic E-state index is -0.777. The van der Waals surface area contributed by atoms with Crippen LogP contribution < -0.4 is 10.5 Å². The first-order valence-electron chi connectivity index (χ1n) is 7.95. The average molecular weight is 364 g/mol. The summed E-state index contributed by atoms with van der Waals surface area (Å²) in [5.74, 6) is -0.0284. The number of aryl methyl sites for hydroxylation is 1. The summed E-state index contributed by atoms with van der Waals surface area (Å²) in [5.41, 5.74) is 8.88. The molecule has 0 saturated heterocycles. The lowest BCUT2D eigenvalue weighted by atomic mass is 9.85. The van der Waals surface area contributed by atoms with E-state index in [1.54, 1.807) is 6.07 Å². The van der Waals surface area contributed by atoms with Crippen molar-refractivity contribution in [1.29, 1.82) is 0 Å². The van der Waals surface area contributed by atoms with Crippen molar-refractivity contribution in [1.82, 2.24) is 0 Å². The summed E-state index contributed by atoms with van der Waals surface area (Å²) in [4.78, 5) is 12.1. The normalized spacial score (nSPS) is 18.7. The maximum atomic E-state index is 12.1. The van der Waals surface area contributed by atoms with Gasteiger partial charge in [-0.05, 0) is 41.7 Å². The molecular weight excluding hydrogens is 342 g/mol. The van der Waals surface area contributed by atoms with Crippen molar-refractivity contribution in [3.63, 3.8) is 0 Å². The fraction of sp³-hybridized carbons (Fsp3) is 0.316. The van der Waals surface area contributed by atoms with E-state index in [0.717, 1.165) is 17.5 Å². The first kappa shape index (κ1) is 19.2. The Bertz CT molecular complexity index is 736. The molecule has 5 nitrogen and oxygen atoms in total. The highest BCUT2D eigenvalue weighted by molar-refractivity contribution is 5.93. The molecule has 3 rings (SSSR count). The van der Waals surface area contributed by atoms with Crippen molar-refractivity contribution < 1.29 is 19.4 Å². The first-order valence-corrected chi connectivity index (χ1v) is 7.95. The number of hydrogen-bond acceptors (Lipinski definition) is 5. The van der Waals surface area contributed by atoms with Gasteiger partial charge in [-0.2, -0.15) is 0 Å². The quantitative estimate of drug-likeness (QED) is 0.816. The summed E-state index contributed by atoms with van der Waals surface area (Å²) in [6.45, 7) is 0.353. The van der Waals surface area contributed by atoms with E-state index in [1.807, 2.05) is 36.4 Å². The summed E-state index contributed by atoms with van der Waals surface area (Å²) in [6.07, 6.45) is 0.668. The number of esters is 1.